The van der Waals surface area contributed by atoms with Gasteiger partial charge in [-0.3, -0.25) is 0 Å². The summed E-state index contributed by atoms with van der Waals surface area (Å²) in [7, 11) is 0. The van der Waals surface area contributed by atoms with Crippen molar-refractivity contribution in [2.75, 3.05) is 26.2 Å². The van der Waals surface area contributed by atoms with Gasteiger partial charge in [0.05, 0.1) is 0 Å². The molecule has 1 N–H and O–H groups in total. The van der Waals surface area contributed by atoms with Crippen LogP contribution in [0.3, 0.4) is 0 Å². The molecule has 2 aromatic rings. The second-order valence-electron chi connectivity index (χ2n) is 6.39. The number of hydrogen-bond donors (Lipinski definition) is 1. The van der Waals surface area contributed by atoms with Crippen LogP contribution in [0, 0.1) is 11.7 Å². The summed E-state index contributed by atoms with van der Waals surface area (Å²) in [5, 5.41) is 7.91. The standard InChI is InChI=1S/C19H25FN2S/c20-19-4-2-1-3-18(19)7-11-22-9-5-16(6-10-22)13-21-14-17-8-12-23-15-17/h1-4,8,12,15-16,21H,5-7,9-11,13-14H2. The smallest absolute Gasteiger partial charge is 0.126 e. The molecule has 0 bridgehead atoms. The van der Waals surface area contributed by atoms with Gasteiger partial charge in [0, 0.05) is 13.1 Å². The first-order valence-corrected chi connectivity index (χ1v) is 9.43. The van der Waals surface area contributed by atoms with Crippen molar-refractivity contribution >= 4 is 11.3 Å². The highest BCUT2D eigenvalue weighted by Gasteiger charge is 2.18. The molecule has 0 spiro atoms. The normalized spacial score (nSPS) is 16.7. The molecule has 3 rings (SSSR count). The summed E-state index contributed by atoms with van der Waals surface area (Å²) in [6, 6.07) is 9.32. The molecule has 0 amide bonds. The molecule has 124 valence electrons. The van der Waals surface area contributed by atoms with Crippen molar-refractivity contribution in [2.45, 2.75) is 25.8 Å². The number of halogens is 1. The van der Waals surface area contributed by atoms with Crippen LogP contribution in [0.1, 0.15) is 24.0 Å². The second kappa shape index (κ2) is 8.57. The van der Waals surface area contributed by atoms with Crippen LogP contribution in [-0.4, -0.2) is 31.1 Å². The van der Waals surface area contributed by atoms with Gasteiger partial charge in [0.15, 0.2) is 0 Å². The molecule has 1 aromatic heterocycles. The zero-order valence-corrected chi connectivity index (χ0v) is 14.3. The molecular weight excluding hydrogens is 307 g/mol. The Morgan fingerprint density at radius 3 is 2.74 bits per heavy atom. The van der Waals surface area contributed by atoms with Crippen LogP contribution in [-0.2, 0) is 13.0 Å². The molecule has 0 saturated carbocycles. The molecule has 2 nitrogen and oxygen atoms in total. The molecule has 0 aliphatic carbocycles. The average molecular weight is 332 g/mol. The quantitative estimate of drug-likeness (QED) is 0.826. The Labute approximate surface area is 142 Å². The van der Waals surface area contributed by atoms with E-state index in [9.17, 15) is 4.39 Å². The molecule has 0 atom stereocenters. The first-order valence-electron chi connectivity index (χ1n) is 8.49. The minimum absolute atomic E-state index is 0.0694. The molecule has 1 aromatic carbocycles. The van der Waals surface area contributed by atoms with Crippen LogP contribution >= 0.6 is 11.3 Å². The maximum absolute atomic E-state index is 13.6. The molecule has 0 unspecified atom stereocenters. The SMILES string of the molecule is Fc1ccccc1CCN1CCC(CNCc2ccsc2)CC1. The van der Waals surface area contributed by atoms with Crippen LogP contribution in [0.25, 0.3) is 0 Å². The van der Waals surface area contributed by atoms with Crippen molar-refractivity contribution in [1.82, 2.24) is 10.2 Å². The van der Waals surface area contributed by atoms with Gasteiger partial charge in [-0.05, 0) is 78.8 Å². The van der Waals surface area contributed by atoms with Crippen molar-refractivity contribution in [3.05, 3.63) is 58.0 Å². The summed E-state index contributed by atoms with van der Waals surface area (Å²) >= 11 is 1.76. The van der Waals surface area contributed by atoms with Gasteiger partial charge in [-0.25, -0.2) is 4.39 Å². The zero-order chi connectivity index (χ0) is 15.9. The molecule has 23 heavy (non-hydrogen) atoms. The van der Waals surface area contributed by atoms with E-state index in [0.717, 1.165) is 50.6 Å². The molecule has 4 heteroatoms. The lowest BCUT2D eigenvalue weighted by atomic mass is 9.96. The Balaban J connectivity index is 1.33. The number of thiophene rings is 1. The number of piperidine rings is 1. The Hall–Kier alpha value is -1.23. The van der Waals surface area contributed by atoms with E-state index in [0.29, 0.717) is 0 Å². The summed E-state index contributed by atoms with van der Waals surface area (Å²) in [6.45, 7) is 5.34. The molecule has 0 radical (unpaired) electrons. The monoisotopic (exact) mass is 332 g/mol. The average Bonchev–Trinajstić information content (AvgIpc) is 3.09. The lowest BCUT2D eigenvalue weighted by Crippen LogP contribution is -2.38. The fraction of sp³-hybridized carbons (Fsp3) is 0.474. The molecular formula is C19H25FN2S. The fourth-order valence-electron chi connectivity index (χ4n) is 3.21. The number of nitrogens with zero attached hydrogens (tertiary/aromatic N) is 1. The number of rotatable bonds is 7. The van der Waals surface area contributed by atoms with E-state index >= 15 is 0 Å². The van der Waals surface area contributed by atoms with E-state index < -0.39 is 0 Å². The number of nitrogens with one attached hydrogen (secondary N) is 1. The summed E-state index contributed by atoms with van der Waals surface area (Å²) in [5.74, 6) is 0.707. The Morgan fingerprint density at radius 2 is 2.00 bits per heavy atom. The lowest BCUT2D eigenvalue weighted by Gasteiger charge is -2.32. The molecule has 1 fully saturated rings. The van der Waals surface area contributed by atoms with E-state index in [2.05, 4.69) is 27.0 Å². The Bertz CT molecular complexity index is 577. The Kier molecular flexibility index (Phi) is 6.20. The third-order valence-corrected chi connectivity index (χ3v) is 5.44. The van der Waals surface area contributed by atoms with Crippen molar-refractivity contribution in [3.63, 3.8) is 0 Å². The van der Waals surface area contributed by atoms with Crippen LogP contribution in [0.15, 0.2) is 41.1 Å². The van der Waals surface area contributed by atoms with Crippen LogP contribution < -0.4 is 5.32 Å². The van der Waals surface area contributed by atoms with Gasteiger partial charge in [0.2, 0.25) is 0 Å². The maximum atomic E-state index is 13.6. The first kappa shape index (κ1) is 16.6. The summed E-state index contributed by atoms with van der Waals surface area (Å²) in [6.07, 6.45) is 3.30. The number of likely N-dealkylation sites (tertiary alicyclic amines) is 1. The fourth-order valence-corrected chi connectivity index (χ4v) is 3.88. The van der Waals surface area contributed by atoms with Crippen molar-refractivity contribution in [1.29, 1.82) is 0 Å². The van der Waals surface area contributed by atoms with Crippen LogP contribution in [0.2, 0.25) is 0 Å². The van der Waals surface area contributed by atoms with E-state index in [1.807, 2.05) is 12.1 Å². The van der Waals surface area contributed by atoms with E-state index in [-0.39, 0.29) is 5.82 Å². The highest BCUT2D eigenvalue weighted by molar-refractivity contribution is 7.07. The van der Waals surface area contributed by atoms with Crippen molar-refractivity contribution < 1.29 is 4.39 Å². The second-order valence-corrected chi connectivity index (χ2v) is 7.17. The summed E-state index contributed by atoms with van der Waals surface area (Å²) in [5.41, 5.74) is 2.23. The van der Waals surface area contributed by atoms with Gasteiger partial charge in [-0.15, -0.1) is 0 Å². The predicted molar refractivity (Wildman–Crippen MR) is 95.3 cm³/mol. The molecule has 1 saturated heterocycles. The van der Waals surface area contributed by atoms with Gasteiger partial charge < -0.3 is 10.2 Å². The topological polar surface area (TPSA) is 15.3 Å². The zero-order valence-electron chi connectivity index (χ0n) is 13.5. The Morgan fingerprint density at radius 1 is 1.17 bits per heavy atom. The lowest BCUT2D eigenvalue weighted by molar-refractivity contribution is 0.183. The molecule has 2 heterocycles. The van der Waals surface area contributed by atoms with Crippen molar-refractivity contribution in [2.24, 2.45) is 5.92 Å². The van der Waals surface area contributed by atoms with Crippen LogP contribution in [0.5, 0.6) is 0 Å². The maximum Gasteiger partial charge on any atom is 0.126 e. The van der Waals surface area contributed by atoms with Crippen molar-refractivity contribution in [3.8, 4) is 0 Å². The highest BCUT2D eigenvalue weighted by atomic mass is 32.1. The third kappa shape index (κ3) is 5.13. The van der Waals surface area contributed by atoms with E-state index in [4.69, 9.17) is 0 Å². The third-order valence-electron chi connectivity index (χ3n) is 4.70. The van der Waals surface area contributed by atoms with Gasteiger partial charge in [0.1, 0.15) is 5.82 Å². The van der Waals surface area contributed by atoms with E-state index in [1.165, 1.54) is 18.4 Å². The highest BCUT2D eigenvalue weighted by Crippen LogP contribution is 2.17. The van der Waals surface area contributed by atoms with E-state index in [1.54, 1.807) is 23.5 Å². The van der Waals surface area contributed by atoms with Gasteiger partial charge >= 0.3 is 0 Å². The summed E-state index contributed by atoms with van der Waals surface area (Å²) < 4.78 is 13.6. The summed E-state index contributed by atoms with van der Waals surface area (Å²) in [4.78, 5) is 2.47. The largest absolute Gasteiger partial charge is 0.312 e. The minimum Gasteiger partial charge on any atom is -0.312 e. The molecule has 1 aliphatic heterocycles. The number of hydrogen-bond acceptors (Lipinski definition) is 3. The van der Waals surface area contributed by atoms with Crippen LogP contribution in [0.4, 0.5) is 4.39 Å². The molecule has 1 aliphatic rings. The van der Waals surface area contributed by atoms with Gasteiger partial charge in [-0.1, -0.05) is 18.2 Å². The van der Waals surface area contributed by atoms with Gasteiger partial charge in [-0.2, -0.15) is 11.3 Å². The number of benzene rings is 1. The predicted octanol–water partition coefficient (Wildman–Crippen LogP) is 3.93. The minimum atomic E-state index is -0.0694. The first-order chi connectivity index (χ1) is 11.3. The van der Waals surface area contributed by atoms with Gasteiger partial charge in [0.25, 0.3) is 0 Å².